The van der Waals surface area contributed by atoms with Gasteiger partial charge in [-0.25, -0.2) is 0 Å². The molecule has 0 saturated carbocycles. The Kier molecular flexibility index (Phi) is 1.87. The fourth-order valence-corrected chi connectivity index (χ4v) is 1.49. The zero-order valence-electron chi connectivity index (χ0n) is 6.86. The predicted octanol–water partition coefficient (Wildman–Crippen LogP) is 0.947. The molecule has 1 aliphatic heterocycles. The van der Waals surface area contributed by atoms with Crippen LogP contribution in [0, 0.1) is 0 Å². The summed E-state index contributed by atoms with van der Waals surface area (Å²) in [6.07, 6.45) is 0. The van der Waals surface area contributed by atoms with Crippen molar-refractivity contribution in [2.24, 2.45) is 0 Å². The topological polar surface area (TPSA) is 29.5 Å². The van der Waals surface area contributed by atoms with Gasteiger partial charge < -0.3 is 9.84 Å². The fraction of sp³-hybridized carbons (Fsp3) is 0.400. The normalized spacial score (nSPS) is 20.1. The predicted molar refractivity (Wildman–Crippen MR) is 46.0 cm³/mol. The second kappa shape index (κ2) is 2.88. The average Bonchev–Trinajstić information content (AvgIpc) is 2.05. The van der Waals surface area contributed by atoms with Gasteiger partial charge >= 0.3 is 0 Å². The molecule has 1 N–H and O–H groups in total. The van der Waals surface area contributed by atoms with Crippen LogP contribution in [0.4, 0.5) is 0 Å². The molecule has 12 heavy (non-hydrogen) atoms. The molecule has 0 bridgehead atoms. The summed E-state index contributed by atoms with van der Waals surface area (Å²) < 4.78 is 5.12. The zero-order valence-corrected chi connectivity index (χ0v) is 6.86. The Hall–Kier alpha value is -0.860. The highest BCUT2D eigenvalue weighted by atomic mass is 16.5. The number of rotatable bonds is 2. The van der Waals surface area contributed by atoms with Crippen molar-refractivity contribution in [3.8, 4) is 0 Å². The molecule has 1 aromatic carbocycles. The van der Waals surface area contributed by atoms with E-state index in [4.69, 9.17) is 4.74 Å². The van der Waals surface area contributed by atoms with Gasteiger partial charge in [0.25, 0.3) is 0 Å². The van der Waals surface area contributed by atoms with E-state index in [1.165, 1.54) is 5.56 Å². The molecule has 1 fully saturated rings. The molecule has 64 valence electrons. The summed E-state index contributed by atoms with van der Waals surface area (Å²) in [5.41, 5.74) is 1.07. The van der Waals surface area contributed by atoms with Crippen molar-refractivity contribution in [3.63, 3.8) is 0 Å². The van der Waals surface area contributed by atoms with Gasteiger partial charge in [-0.3, -0.25) is 0 Å². The van der Waals surface area contributed by atoms with Crippen molar-refractivity contribution in [1.29, 1.82) is 0 Å². The van der Waals surface area contributed by atoms with E-state index >= 15 is 0 Å². The van der Waals surface area contributed by atoms with E-state index in [9.17, 15) is 5.11 Å². The van der Waals surface area contributed by atoms with Crippen LogP contribution in [0.15, 0.2) is 30.3 Å². The van der Waals surface area contributed by atoms with E-state index < -0.39 is 0 Å². The summed E-state index contributed by atoms with van der Waals surface area (Å²) in [4.78, 5) is 0. The lowest BCUT2D eigenvalue weighted by Gasteiger charge is -2.40. The first-order chi connectivity index (χ1) is 5.87. The van der Waals surface area contributed by atoms with Crippen molar-refractivity contribution in [2.75, 3.05) is 19.8 Å². The molecule has 1 aliphatic rings. The van der Waals surface area contributed by atoms with Crippen molar-refractivity contribution >= 4 is 0 Å². The van der Waals surface area contributed by atoms with Gasteiger partial charge in [0.1, 0.15) is 0 Å². The van der Waals surface area contributed by atoms with Crippen LogP contribution in [0.2, 0.25) is 0 Å². The molecule has 2 heteroatoms. The maximum Gasteiger partial charge on any atom is 0.0651 e. The van der Waals surface area contributed by atoms with Gasteiger partial charge in [0.05, 0.1) is 25.2 Å². The molecule has 0 aliphatic carbocycles. The van der Waals surface area contributed by atoms with Crippen molar-refractivity contribution in [1.82, 2.24) is 0 Å². The quantitative estimate of drug-likeness (QED) is 0.705. The Morgan fingerprint density at radius 3 is 2.33 bits per heavy atom. The molecule has 1 heterocycles. The molecular weight excluding hydrogens is 152 g/mol. The summed E-state index contributed by atoms with van der Waals surface area (Å²) in [6.45, 7) is 1.47. The Morgan fingerprint density at radius 2 is 1.92 bits per heavy atom. The fourth-order valence-electron chi connectivity index (χ4n) is 1.49. The second-order valence-electron chi connectivity index (χ2n) is 3.30. The minimum atomic E-state index is -0.110. The van der Waals surface area contributed by atoms with Crippen molar-refractivity contribution in [3.05, 3.63) is 35.9 Å². The van der Waals surface area contributed by atoms with Gasteiger partial charge in [-0.1, -0.05) is 30.3 Å². The third-order valence-electron chi connectivity index (χ3n) is 2.45. The van der Waals surface area contributed by atoms with Gasteiger partial charge in [-0.2, -0.15) is 0 Å². The largest absolute Gasteiger partial charge is 0.395 e. The van der Waals surface area contributed by atoms with Crippen LogP contribution in [-0.4, -0.2) is 24.9 Å². The third-order valence-corrected chi connectivity index (χ3v) is 2.45. The maximum absolute atomic E-state index is 9.21. The molecule has 2 nitrogen and oxygen atoms in total. The Morgan fingerprint density at radius 1 is 1.25 bits per heavy atom. The summed E-state index contributed by atoms with van der Waals surface area (Å²) in [7, 11) is 0. The average molecular weight is 164 g/mol. The number of ether oxygens (including phenoxy) is 1. The van der Waals surface area contributed by atoms with E-state index in [1.807, 2.05) is 30.3 Å². The standard InChI is InChI=1S/C10H12O2/c11-6-10(7-12-8-10)9-4-2-1-3-5-9/h1-5,11H,6-8H2. The molecular formula is C10H12O2. The number of hydrogen-bond donors (Lipinski definition) is 1. The third kappa shape index (κ3) is 1.04. The molecule has 0 amide bonds. The van der Waals surface area contributed by atoms with Crippen LogP contribution >= 0.6 is 0 Å². The van der Waals surface area contributed by atoms with Crippen LogP contribution in [0.1, 0.15) is 5.56 Å². The summed E-state index contributed by atoms with van der Waals surface area (Å²) in [5, 5.41) is 9.21. The minimum absolute atomic E-state index is 0.110. The van der Waals surface area contributed by atoms with E-state index in [0.29, 0.717) is 13.2 Å². The Labute approximate surface area is 71.8 Å². The first kappa shape index (κ1) is 7.77. The number of benzene rings is 1. The Bertz CT molecular complexity index is 246. The smallest absolute Gasteiger partial charge is 0.0651 e. The van der Waals surface area contributed by atoms with Crippen LogP contribution < -0.4 is 0 Å². The Balaban J connectivity index is 2.28. The lowest BCUT2D eigenvalue weighted by atomic mass is 9.79. The molecule has 0 unspecified atom stereocenters. The molecule has 0 atom stereocenters. The van der Waals surface area contributed by atoms with E-state index in [1.54, 1.807) is 0 Å². The monoisotopic (exact) mass is 164 g/mol. The van der Waals surface area contributed by atoms with Gasteiger partial charge in [0.15, 0.2) is 0 Å². The van der Waals surface area contributed by atoms with Crippen LogP contribution in [0.25, 0.3) is 0 Å². The molecule has 0 spiro atoms. The van der Waals surface area contributed by atoms with E-state index in [-0.39, 0.29) is 12.0 Å². The number of hydrogen-bond acceptors (Lipinski definition) is 2. The highest BCUT2D eigenvalue weighted by Crippen LogP contribution is 2.31. The highest BCUT2D eigenvalue weighted by Gasteiger charge is 2.39. The van der Waals surface area contributed by atoms with E-state index in [2.05, 4.69) is 0 Å². The van der Waals surface area contributed by atoms with Gasteiger partial charge in [-0.15, -0.1) is 0 Å². The first-order valence-corrected chi connectivity index (χ1v) is 4.11. The SMILES string of the molecule is OCC1(c2ccccc2)COC1. The summed E-state index contributed by atoms with van der Waals surface area (Å²) >= 11 is 0. The van der Waals surface area contributed by atoms with Crippen molar-refractivity contribution < 1.29 is 9.84 Å². The molecule has 1 saturated heterocycles. The molecule has 1 aromatic rings. The summed E-state index contributed by atoms with van der Waals surface area (Å²) in [5.74, 6) is 0. The number of aliphatic hydroxyl groups excluding tert-OH is 1. The maximum atomic E-state index is 9.21. The molecule has 0 radical (unpaired) electrons. The lowest BCUT2D eigenvalue weighted by Crippen LogP contribution is -2.49. The van der Waals surface area contributed by atoms with Crippen LogP contribution in [0.5, 0.6) is 0 Å². The van der Waals surface area contributed by atoms with Gasteiger partial charge in [-0.05, 0) is 5.56 Å². The second-order valence-corrected chi connectivity index (χ2v) is 3.30. The van der Waals surface area contributed by atoms with Crippen LogP contribution in [-0.2, 0) is 10.2 Å². The minimum Gasteiger partial charge on any atom is -0.395 e. The zero-order chi connectivity index (χ0) is 8.44. The van der Waals surface area contributed by atoms with Gasteiger partial charge in [0.2, 0.25) is 0 Å². The van der Waals surface area contributed by atoms with Crippen molar-refractivity contribution in [2.45, 2.75) is 5.41 Å². The molecule has 2 rings (SSSR count). The highest BCUT2D eigenvalue weighted by molar-refractivity contribution is 5.27. The van der Waals surface area contributed by atoms with Gasteiger partial charge in [0, 0.05) is 0 Å². The summed E-state index contributed by atoms with van der Waals surface area (Å²) in [6, 6.07) is 10.0. The molecule has 0 aromatic heterocycles. The first-order valence-electron chi connectivity index (χ1n) is 4.11. The van der Waals surface area contributed by atoms with E-state index in [0.717, 1.165) is 0 Å². The van der Waals surface area contributed by atoms with Crippen LogP contribution in [0.3, 0.4) is 0 Å². The number of aliphatic hydroxyl groups is 1. The lowest BCUT2D eigenvalue weighted by molar-refractivity contribution is -0.0841.